The van der Waals surface area contributed by atoms with Crippen LogP contribution in [-0.2, 0) is 10.0 Å². The highest BCUT2D eigenvalue weighted by Crippen LogP contribution is 2.17. The van der Waals surface area contributed by atoms with Crippen molar-refractivity contribution < 1.29 is 17.9 Å². The number of sulfonamides is 1. The first-order valence-corrected chi connectivity index (χ1v) is 7.87. The number of rotatable bonds is 5. The average Bonchev–Trinajstić information content (AvgIpc) is 2.53. The first-order valence-electron chi connectivity index (χ1n) is 6.01. The van der Waals surface area contributed by atoms with E-state index in [0.29, 0.717) is 5.75 Å². The number of aromatic nitrogens is 1. The topological polar surface area (TPSA) is 97.4 Å². The van der Waals surface area contributed by atoms with Crippen molar-refractivity contribution in [3.63, 3.8) is 0 Å². The highest BCUT2D eigenvalue weighted by Gasteiger charge is 2.19. The van der Waals surface area contributed by atoms with E-state index in [-0.39, 0.29) is 15.6 Å². The number of pyridine rings is 1. The molecule has 0 aliphatic heterocycles. The summed E-state index contributed by atoms with van der Waals surface area (Å²) in [5.41, 5.74) is 2.36. The van der Waals surface area contributed by atoms with Gasteiger partial charge in [-0.15, -0.1) is 4.83 Å². The van der Waals surface area contributed by atoms with E-state index in [2.05, 4.69) is 10.4 Å². The molecule has 0 spiro atoms. The lowest BCUT2D eigenvalue weighted by atomic mass is 10.2. The Bertz CT molecular complexity index is 778. The molecular formula is C13H12ClN3O4S. The summed E-state index contributed by atoms with van der Waals surface area (Å²) in [7, 11) is -2.51. The molecule has 1 aromatic carbocycles. The van der Waals surface area contributed by atoms with Gasteiger partial charge in [-0.05, 0) is 36.4 Å². The molecule has 0 radical (unpaired) electrons. The van der Waals surface area contributed by atoms with Gasteiger partial charge in [0, 0.05) is 11.8 Å². The van der Waals surface area contributed by atoms with E-state index >= 15 is 0 Å². The summed E-state index contributed by atoms with van der Waals surface area (Å²) in [6, 6.07) is 8.87. The summed E-state index contributed by atoms with van der Waals surface area (Å²) in [6.45, 7) is 0. The molecule has 1 amide bonds. The van der Waals surface area contributed by atoms with Crippen LogP contribution < -0.4 is 15.0 Å². The molecule has 2 rings (SSSR count). The van der Waals surface area contributed by atoms with E-state index in [1.165, 1.54) is 37.6 Å². The minimum absolute atomic E-state index is 0.186. The second-order valence-electron chi connectivity index (χ2n) is 4.08. The Balaban J connectivity index is 2.08. The fourth-order valence-electron chi connectivity index (χ4n) is 1.55. The maximum atomic E-state index is 12.0. The molecule has 7 nitrogen and oxygen atoms in total. The minimum atomic E-state index is -4.01. The van der Waals surface area contributed by atoms with Crippen LogP contribution in [0.2, 0.25) is 5.15 Å². The molecule has 0 aliphatic rings. The van der Waals surface area contributed by atoms with Gasteiger partial charge in [0.1, 0.15) is 15.8 Å². The zero-order chi connectivity index (χ0) is 16.2. The Hall–Kier alpha value is -2.16. The third-order valence-corrected chi connectivity index (χ3v) is 4.36. The van der Waals surface area contributed by atoms with Crippen LogP contribution in [0.5, 0.6) is 5.75 Å². The summed E-state index contributed by atoms with van der Waals surface area (Å²) in [5, 5.41) is -0.186. The quantitative estimate of drug-likeness (QED) is 0.632. The number of halogens is 1. The molecule has 9 heteroatoms. The molecule has 0 unspecified atom stereocenters. The molecule has 1 aromatic heterocycles. The van der Waals surface area contributed by atoms with E-state index in [4.69, 9.17) is 16.3 Å². The molecule has 116 valence electrons. The van der Waals surface area contributed by atoms with Gasteiger partial charge in [0.15, 0.2) is 0 Å². The van der Waals surface area contributed by atoms with Gasteiger partial charge in [-0.1, -0.05) is 11.6 Å². The third kappa shape index (κ3) is 3.73. The van der Waals surface area contributed by atoms with E-state index in [0.717, 1.165) is 0 Å². The molecule has 1 heterocycles. The maximum absolute atomic E-state index is 12.0. The standard InChI is InChI=1S/C13H12ClN3O4S/c1-21-10-6-4-9(5-7-10)13(18)16-17-22(19,20)11-3-2-8-15-12(11)14/h2-8,17H,1H3,(H,16,18). The SMILES string of the molecule is COc1ccc(C(=O)NNS(=O)(=O)c2cccnc2Cl)cc1. The Kier molecular flexibility index (Phi) is 4.96. The first-order chi connectivity index (χ1) is 10.4. The highest BCUT2D eigenvalue weighted by atomic mass is 35.5. The Morgan fingerprint density at radius 3 is 2.50 bits per heavy atom. The molecule has 0 atom stereocenters. The van der Waals surface area contributed by atoms with Gasteiger partial charge in [-0.25, -0.2) is 13.4 Å². The first kappa shape index (κ1) is 16.2. The summed E-state index contributed by atoms with van der Waals surface area (Å²) < 4.78 is 29.0. The van der Waals surface area contributed by atoms with Gasteiger partial charge in [-0.2, -0.15) is 0 Å². The van der Waals surface area contributed by atoms with Crippen LogP contribution in [0.25, 0.3) is 0 Å². The number of nitrogens with one attached hydrogen (secondary N) is 2. The zero-order valence-corrected chi connectivity index (χ0v) is 13.0. The summed E-state index contributed by atoms with van der Waals surface area (Å²) in [5.74, 6) is -0.0366. The van der Waals surface area contributed by atoms with Crippen molar-refractivity contribution in [1.29, 1.82) is 0 Å². The van der Waals surface area contributed by atoms with Gasteiger partial charge in [0.25, 0.3) is 15.9 Å². The fraction of sp³-hybridized carbons (Fsp3) is 0.0769. The van der Waals surface area contributed by atoms with Gasteiger partial charge in [0.05, 0.1) is 7.11 Å². The second kappa shape index (κ2) is 6.73. The number of hydrogen-bond acceptors (Lipinski definition) is 5. The van der Waals surface area contributed by atoms with E-state index in [1.54, 1.807) is 12.1 Å². The monoisotopic (exact) mass is 341 g/mol. The number of ether oxygens (including phenoxy) is 1. The van der Waals surface area contributed by atoms with Gasteiger partial charge in [-0.3, -0.25) is 10.2 Å². The van der Waals surface area contributed by atoms with Crippen LogP contribution in [0.3, 0.4) is 0 Å². The predicted octanol–water partition coefficient (Wildman–Crippen LogP) is 1.37. The Morgan fingerprint density at radius 1 is 1.23 bits per heavy atom. The lowest BCUT2D eigenvalue weighted by Crippen LogP contribution is -2.41. The van der Waals surface area contributed by atoms with E-state index in [1.807, 2.05) is 4.83 Å². The van der Waals surface area contributed by atoms with E-state index in [9.17, 15) is 13.2 Å². The van der Waals surface area contributed by atoms with Crippen LogP contribution >= 0.6 is 11.6 Å². The van der Waals surface area contributed by atoms with Gasteiger partial charge in [0.2, 0.25) is 0 Å². The third-order valence-electron chi connectivity index (χ3n) is 2.67. The average molecular weight is 342 g/mol. The Labute approximate surface area is 132 Å². The van der Waals surface area contributed by atoms with Crippen molar-refractivity contribution in [2.45, 2.75) is 4.90 Å². The van der Waals surface area contributed by atoms with Crippen molar-refractivity contribution in [1.82, 2.24) is 15.2 Å². The number of carbonyl (C=O) groups excluding carboxylic acids is 1. The number of carbonyl (C=O) groups is 1. The normalized spacial score (nSPS) is 11.0. The summed E-state index contributed by atoms with van der Waals surface area (Å²) in [6.07, 6.45) is 1.36. The zero-order valence-electron chi connectivity index (χ0n) is 11.4. The number of hydrazine groups is 1. The van der Waals surface area contributed by atoms with Crippen molar-refractivity contribution in [2.75, 3.05) is 7.11 Å². The molecule has 0 fully saturated rings. The smallest absolute Gasteiger partial charge is 0.266 e. The lowest BCUT2D eigenvalue weighted by molar-refractivity contribution is 0.0945. The maximum Gasteiger partial charge on any atom is 0.266 e. The van der Waals surface area contributed by atoms with Crippen LogP contribution in [0, 0.1) is 0 Å². The largest absolute Gasteiger partial charge is 0.497 e. The van der Waals surface area contributed by atoms with Gasteiger partial charge >= 0.3 is 0 Å². The number of hydrogen-bond donors (Lipinski definition) is 2. The molecule has 22 heavy (non-hydrogen) atoms. The molecule has 0 aliphatic carbocycles. The van der Waals surface area contributed by atoms with Crippen LogP contribution in [-0.4, -0.2) is 26.4 Å². The molecule has 0 bridgehead atoms. The van der Waals surface area contributed by atoms with Crippen molar-refractivity contribution in [3.05, 3.63) is 53.3 Å². The predicted molar refractivity (Wildman–Crippen MR) is 80.0 cm³/mol. The molecule has 0 saturated heterocycles. The molecule has 2 aromatic rings. The summed E-state index contributed by atoms with van der Waals surface area (Å²) >= 11 is 5.72. The van der Waals surface area contributed by atoms with Gasteiger partial charge < -0.3 is 4.74 Å². The molecule has 2 N–H and O–H groups in total. The number of benzene rings is 1. The van der Waals surface area contributed by atoms with Crippen molar-refractivity contribution in [3.8, 4) is 5.75 Å². The summed E-state index contributed by atoms with van der Waals surface area (Å²) in [4.78, 5) is 17.3. The van der Waals surface area contributed by atoms with Crippen molar-refractivity contribution in [2.24, 2.45) is 0 Å². The lowest BCUT2D eigenvalue weighted by Gasteiger charge is -2.09. The van der Waals surface area contributed by atoms with E-state index < -0.39 is 15.9 Å². The number of amides is 1. The molecular weight excluding hydrogens is 330 g/mol. The fourth-order valence-corrected chi connectivity index (χ4v) is 2.85. The van der Waals surface area contributed by atoms with Crippen molar-refractivity contribution >= 4 is 27.5 Å². The minimum Gasteiger partial charge on any atom is -0.497 e. The van der Waals surface area contributed by atoms with Crippen LogP contribution in [0.15, 0.2) is 47.5 Å². The Morgan fingerprint density at radius 2 is 1.91 bits per heavy atom. The number of methoxy groups -OCH3 is 1. The molecule has 0 saturated carbocycles. The number of nitrogens with zero attached hydrogens (tertiary/aromatic N) is 1. The second-order valence-corrected chi connectivity index (χ2v) is 6.09. The van der Waals surface area contributed by atoms with Crippen LogP contribution in [0.4, 0.5) is 0 Å². The van der Waals surface area contributed by atoms with Crippen LogP contribution in [0.1, 0.15) is 10.4 Å². The highest BCUT2D eigenvalue weighted by molar-refractivity contribution is 7.89.